The Balaban J connectivity index is 1.68. The molecule has 0 spiro atoms. The largest absolute Gasteiger partial charge is 0.350 e. The lowest BCUT2D eigenvalue weighted by atomic mass is 10.1. The monoisotopic (exact) mass is 345 g/mol. The van der Waals surface area contributed by atoms with Crippen LogP contribution in [0.4, 0.5) is 4.79 Å². The van der Waals surface area contributed by atoms with E-state index in [1.807, 2.05) is 38.1 Å². The molecule has 0 aliphatic heterocycles. The first-order valence-corrected chi connectivity index (χ1v) is 8.66. The van der Waals surface area contributed by atoms with Crippen molar-refractivity contribution in [3.63, 3.8) is 0 Å². The van der Waals surface area contributed by atoms with Gasteiger partial charge in [0.15, 0.2) is 0 Å². The number of hydrogen-bond donors (Lipinski definition) is 2. The number of hydrogen-bond acceptors (Lipinski definition) is 3. The molecule has 128 valence electrons. The highest BCUT2D eigenvalue weighted by Gasteiger charge is 2.10. The molecule has 1 aromatic carbocycles. The van der Waals surface area contributed by atoms with Crippen LogP contribution in [0.1, 0.15) is 25.7 Å². The van der Waals surface area contributed by atoms with Gasteiger partial charge in [0.25, 0.3) is 5.91 Å². The van der Waals surface area contributed by atoms with Crippen LogP contribution in [0, 0.1) is 13.8 Å². The van der Waals surface area contributed by atoms with E-state index in [4.69, 9.17) is 0 Å². The molecule has 0 atom stereocenters. The van der Waals surface area contributed by atoms with Crippen molar-refractivity contribution in [3.8, 4) is 0 Å². The number of aryl methyl sites for hydroxylation is 2. The smallest absolute Gasteiger partial charge is 0.317 e. The quantitative estimate of drug-likeness (QED) is 0.791. The molecule has 6 heteroatoms. The number of nitrogens with one attached hydrogen (secondary N) is 2. The van der Waals surface area contributed by atoms with Gasteiger partial charge in [0, 0.05) is 35.5 Å². The highest BCUT2D eigenvalue weighted by Crippen LogP contribution is 2.16. The summed E-state index contributed by atoms with van der Waals surface area (Å²) in [6, 6.07) is 11.3. The molecule has 1 aromatic heterocycles. The van der Waals surface area contributed by atoms with Gasteiger partial charge in [0.2, 0.25) is 0 Å². The predicted molar refractivity (Wildman–Crippen MR) is 97.4 cm³/mol. The van der Waals surface area contributed by atoms with Crippen molar-refractivity contribution in [2.24, 2.45) is 0 Å². The Labute approximate surface area is 146 Å². The minimum Gasteiger partial charge on any atom is -0.350 e. The summed E-state index contributed by atoms with van der Waals surface area (Å²) in [5.74, 6) is -0.133. The molecule has 5 nitrogen and oxygen atoms in total. The van der Waals surface area contributed by atoms with Crippen molar-refractivity contribution < 1.29 is 9.59 Å². The highest BCUT2D eigenvalue weighted by atomic mass is 32.1. The Morgan fingerprint density at radius 2 is 1.67 bits per heavy atom. The summed E-state index contributed by atoms with van der Waals surface area (Å²) >= 11 is 1.69. The van der Waals surface area contributed by atoms with E-state index in [1.54, 1.807) is 35.4 Å². The van der Waals surface area contributed by atoms with Crippen molar-refractivity contribution in [2.75, 3.05) is 20.1 Å². The van der Waals surface area contributed by atoms with E-state index in [1.165, 1.54) is 4.88 Å². The Kier molecular flexibility index (Phi) is 6.37. The first kappa shape index (κ1) is 18.0. The van der Waals surface area contributed by atoms with E-state index in [9.17, 15) is 9.59 Å². The van der Waals surface area contributed by atoms with Crippen molar-refractivity contribution in [1.82, 2.24) is 15.5 Å². The standard InChI is InChI=1S/C18H23N3O2S/c1-13-4-7-15(8-5-13)17(22)19-10-11-20-18(23)21(3)12-16-9-6-14(2)24-16/h4-9H,10-12H2,1-3H3,(H,19,22)(H,20,23). The summed E-state index contributed by atoms with van der Waals surface area (Å²) in [5.41, 5.74) is 1.74. The molecule has 2 rings (SSSR count). The second kappa shape index (κ2) is 8.49. The van der Waals surface area contributed by atoms with E-state index in [-0.39, 0.29) is 11.9 Å². The third-order valence-corrected chi connectivity index (χ3v) is 4.52. The summed E-state index contributed by atoms with van der Waals surface area (Å²) < 4.78 is 0. The number of carbonyl (C=O) groups is 2. The van der Waals surface area contributed by atoms with E-state index in [0.29, 0.717) is 25.2 Å². The van der Waals surface area contributed by atoms with Gasteiger partial charge in [-0.1, -0.05) is 17.7 Å². The van der Waals surface area contributed by atoms with E-state index < -0.39 is 0 Å². The van der Waals surface area contributed by atoms with Crippen LogP contribution in [0.2, 0.25) is 0 Å². The van der Waals surface area contributed by atoms with Gasteiger partial charge in [-0.05, 0) is 38.1 Å². The van der Waals surface area contributed by atoms with Gasteiger partial charge in [-0.15, -0.1) is 11.3 Å². The van der Waals surface area contributed by atoms with Gasteiger partial charge in [0.05, 0.1) is 6.54 Å². The molecule has 1 heterocycles. The average molecular weight is 345 g/mol. The van der Waals surface area contributed by atoms with Crippen LogP contribution in [0.3, 0.4) is 0 Å². The van der Waals surface area contributed by atoms with Crippen LogP contribution < -0.4 is 10.6 Å². The molecule has 0 aliphatic rings. The molecule has 3 amide bonds. The molecule has 2 aromatic rings. The molecule has 0 saturated heterocycles. The Morgan fingerprint density at radius 3 is 2.29 bits per heavy atom. The van der Waals surface area contributed by atoms with E-state index in [2.05, 4.69) is 10.6 Å². The van der Waals surface area contributed by atoms with Crippen molar-refractivity contribution in [1.29, 1.82) is 0 Å². The fourth-order valence-electron chi connectivity index (χ4n) is 2.16. The van der Waals surface area contributed by atoms with Crippen LogP contribution in [-0.4, -0.2) is 37.0 Å². The highest BCUT2D eigenvalue weighted by molar-refractivity contribution is 7.11. The lowest BCUT2D eigenvalue weighted by Gasteiger charge is -2.17. The summed E-state index contributed by atoms with van der Waals surface area (Å²) in [7, 11) is 1.76. The predicted octanol–water partition coefficient (Wildman–Crippen LogP) is 2.94. The topological polar surface area (TPSA) is 61.4 Å². The fraction of sp³-hybridized carbons (Fsp3) is 0.333. The summed E-state index contributed by atoms with van der Waals surface area (Å²) in [6.07, 6.45) is 0. The summed E-state index contributed by atoms with van der Waals surface area (Å²) in [4.78, 5) is 28.0. The number of carbonyl (C=O) groups excluding carboxylic acids is 2. The van der Waals surface area contributed by atoms with Gasteiger partial charge >= 0.3 is 6.03 Å². The normalized spacial score (nSPS) is 10.3. The van der Waals surface area contributed by atoms with Gasteiger partial charge < -0.3 is 15.5 Å². The van der Waals surface area contributed by atoms with Gasteiger partial charge in [0.1, 0.15) is 0 Å². The van der Waals surface area contributed by atoms with Crippen molar-refractivity contribution >= 4 is 23.3 Å². The summed E-state index contributed by atoms with van der Waals surface area (Å²) in [6.45, 7) is 5.39. The lowest BCUT2D eigenvalue weighted by molar-refractivity contribution is 0.0953. The van der Waals surface area contributed by atoms with Crippen LogP contribution in [0.15, 0.2) is 36.4 Å². The SMILES string of the molecule is Cc1ccc(C(=O)NCCNC(=O)N(C)Cc2ccc(C)s2)cc1. The number of thiophene rings is 1. The zero-order chi connectivity index (χ0) is 17.5. The number of nitrogens with zero attached hydrogens (tertiary/aromatic N) is 1. The molecular weight excluding hydrogens is 322 g/mol. The molecule has 24 heavy (non-hydrogen) atoms. The van der Waals surface area contributed by atoms with Crippen LogP contribution in [0.5, 0.6) is 0 Å². The van der Waals surface area contributed by atoms with Gasteiger partial charge in [-0.25, -0.2) is 4.79 Å². The van der Waals surface area contributed by atoms with Gasteiger partial charge in [-0.2, -0.15) is 0 Å². The molecule has 0 fully saturated rings. The van der Waals surface area contributed by atoms with Crippen LogP contribution in [0.25, 0.3) is 0 Å². The molecule has 0 aliphatic carbocycles. The first-order chi connectivity index (χ1) is 11.5. The van der Waals surface area contributed by atoms with E-state index in [0.717, 1.165) is 10.4 Å². The zero-order valence-corrected chi connectivity index (χ0v) is 15.1. The van der Waals surface area contributed by atoms with Gasteiger partial charge in [-0.3, -0.25) is 4.79 Å². The number of urea groups is 1. The molecule has 0 saturated carbocycles. The number of rotatable bonds is 6. The number of amides is 3. The molecule has 2 N–H and O–H groups in total. The third-order valence-electron chi connectivity index (χ3n) is 3.54. The molecule has 0 unspecified atom stereocenters. The molecule has 0 bridgehead atoms. The van der Waals surface area contributed by atoms with Crippen molar-refractivity contribution in [3.05, 3.63) is 57.3 Å². The Morgan fingerprint density at radius 1 is 1.00 bits per heavy atom. The Hall–Kier alpha value is -2.34. The Bertz CT molecular complexity index is 695. The molecule has 0 radical (unpaired) electrons. The lowest BCUT2D eigenvalue weighted by Crippen LogP contribution is -2.40. The van der Waals surface area contributed by atoms with Crippen LogP contribution >= 0.6 is 11.3 Å². The fourth-order valence-corrected chi connectivity index (χ4v) is 3.11. The minimum absolute atomic E-state index is 0.133. The van der Waals surface area contributed by atoms with Crippen LogP contribution in [-0.2, 0) is 6.54 Å². The maximum Gasteiger partial charge on any atom is 0.317 e. The average Bonchev–Trinajstić information content (AvgIpc) is 2.96. The molecular formula is C18H23N3O2S. The zero-order valence-electron chi connectivity index (χ0n) is 14.3. The maximum atomic E-state index is 12.0. The minimum atomic E-state index is -0.148. The summed E-state index contributed by atoms with van der Waals surface area (Å²) in [5, 5.41) is 5.60. The number of benzene rings is 1. The second-order valence-electron chi connectivity index (χ2n) is 5.72. The maximum absolute atomic E-state index is 12.0. The van der Waals surface area contributed by atoms with Crippen molar-refractivity contribution in [2.45, 2.75) is 20.4 Å². The van der Waals surface area contributed by atoms with E-state index >= 15 is 0 Å². The second-order valence-corrected chi connectivity index (χ2v) is 7.09. The third kappa shape index (κ3) is 5.38. The first-order valence-electron chi connectivity index (χ1n) is 7.85.